The highest BCUT2D eigenvalue weighted by Gasteiger charge is 2.14. The molecule has 0 aliphatic carbocycles. The molecule has 104 valence electrons. The van der Waals surface area contributed by atoms with Crippen molar-refractivity contribution in [2.24, 2.45) is 0 Å². The van der Waals surface area contributed by atoms with Crippen LogP contribution in [0.3, 0.4) is 0 Å². The van der Waals surface area contributed by atoms with Crippen molar-refractivity contribution < 1.29 is 9.66 Å². The number of rotatable bonds is 5. The normalized spacial score (nSPS) is 19.1. The number of pyridine rings is 1. The maximum atomic E-state index is 10.6. The molecule has 1 saturated heterocycles. The van der Waals surface area contributed by atoms with Crippen molar-refractivity contribution >= 4 is 21.6 Å². The van der Waals surface area contributed by atoms with E-state index in [0.29, 0.717) is 23.0 Å². The van der Waals surface area contributed by atoms with Crippen molar-refractivity contribution in [3.05, 3.63) is 26.9 Å². The molecule has 0 radical (unpaired) electrons. The molecule has 1 N–H and O–H groups in total. The Bertz CT molecular complexity index is 450. The summed E-state index contributed by atoms with van der Waals surface area (Å²) in [6.07, 6.45) is 5.81. The van der Waals surface area contributed by atoms with Crippen molar-refractivity contribution in [1.82, 2.24) is 10.3 Å². The molecule has 0 amide bonds. The lowest BCUT2D eigenvalue weighted by molar-refractivity contribution is -0.385. The first kappa shape index (κ1) is 14.2. The molecule has 1 unspecified atom stereocenters. The number of aromatic nitrogens is 1. The molecular formula is C12H16BrN3O3. The number of nitrogens with one attached hydrogen (secondary N) is 1. The second-order valence-electron chi connectivity index (χ2n) is 4.52. The number of nitrogens with zero attached hydrogens (tertiary/aromatic N) is 2. The highest BCUT2D eigenvalue weighted by atomic mass is 79.9. The smallest absolute Gasteiger partial charge is 0.288 e. The minimum atomic E-state index is -0.479. The Kier molecular flexibility index (Phi) is 5.09. The minimum Gasteiger partial charge on any atom is -0.477 e. The summed E-state index contributed by atoms with van der Waals surface area (Å²) in [7, 11) is 0. The maximum absolute atomic E-state index is 10.6. The highest BCUT2D eigenvalue weighted by molar-refractivity contribution is 9.10. The quantitative estimate of drug-likeness (QED) is 0.663. The van der Waals surface area contributed by atoms with Gasteiger partial charge in [-0.1, -0.05) is 6.42 Å². The summed E-state index contributed by atoms with van der Waals surface area (Å²) in [5.74, 6) is 0.404. The van der Waals surface area contributed by atoms with Gasteiger partial charge in [0.2, 0.25) is 5.88 Å². The third-order valence-electron chi connectivity index (χ3n) is 3.12. The number of halogens is 1. The molecule has 2 rings (SSSR count). The van der Waals surface area contributed by atoms with Gasteiger partial charge >= 0.3 is 0 Å². The fourth-order valence-corrected chi connectivity index (χ4v) is 2.54. The summed E-state index contributed by atoms with van der Waals surface area (Å²) in [6.45, 7) is 1.63. The number of hydrogen-bond donors (Lipinski definition) is 1. The van der Waals surface area contributed by atoms with Gasteiger partial charge < -0.3 is 10.1 Å². The van der Waals surface area contributed by atoms with Gasteiger partial charge in [0, 0.05) is 12.1 Å². The zero-order valence-corrected chi connectivity index (χ0v) is 12.1. The van der Waals surface area contributed by atoms with Crippen LogP contribution in [0.25, 0.3) is 0 Å². The van der Waals surface area contributed by atoms with E-state index in [1.54, 1.807) is 0 Å². The van der Waals surface area contributed by atoms with Crippen molar-refractivity contribution in [1.29, 1.82) is 0 Å². The lowest BCUT2D eigenvalue weighted by atomic mass is 10.0. The third kappa shape index (κ3) is 4.14. The van der Waals surface area contributed by atoms with Crippen LogP contribution in [0, 0.1) is 10.1 Å². The van der Waals surface area contributed by atoms with Gasteiger partial charge in [-0.25, -0.2) is 4.98 Å². The van der Waals surface area contributed by atoms with Gasteiger partial charge in [-0.05, 0) is 41.7 Å². The summed E-state index contributed by atoms with van der Waals surface area (Å²) in [5, 5.41) is 14.0. The number of ether oxygens (including phenoxy) is 1. The van der Waals surface area contributed by atoms with Crippen LogP contribution in [0.15, 0.2) is 16.7 Å². The number of hydrogen-bond acceptors (Lipinski definition) is 5. The molecule has 2 heterocycles. The molecule has 0 spiro atoms. The Morgan fingerprint density at radius 2 is 2.42 bits per heavy atom. The van der Waals surface area contributed by atoms with E-state index < -0.39 is 4.92 Å². The van der Waals surface area contributed by atoms with Gasteiger partial charge in [-0.15, -0.1) is 0 Å². The first-order valence-electron chi connectivity index (χ1n) is 6.33. The Labute approximate surface area is 119 Å². The van der Waals surface area contributed by atoms with Crippen LogP contribution in [0.5, 0.6) is 5.88 Å². The lowest BCUT2D eigenvalue weighted by Gasteiger charge is -2.23. The fraction of sp³-hybridized carbons (Fsp3) is 0.583. The van der Waals surface area contributed by atoms with Gasteiger partial charge in [-0.2, -0.15) is 0 Å². The van der Waals surface area contributed by atoms with Crippen molar-refractivity contribution in [2.75, 3.05) is 13.2 Å². The Hall–Kier alpha value is -1.21. The van der Waals surface area contributed by atoms with E-state index >= 15 is 0 Å². The monoisotopic (exact) mass is 329 g/mol. The predicted octanol–water partition coefficient (Wildman–Crippen LogP) is 2.66. The van der Waals surface area contributed by atoms with Gasteiger partial charge in [0.05, 0.1) is 16.0 Å². The van der Waals surface area contributed by atoms with Crippen LogP contribution in [0.2, 0.25) is 0 Å². The molecule has 1 aromatic rings. The van der Waals surface area contributed by atoms with Gasteiger partial charge in [0.15, 0.2) is 0 Å². The molecule has 1 aliphatic heterocycles. The Morgan fingerprint density at radius 3 is 3.05 bits per heavy atom. The van der Waals surface area contributed by atoms with E-state index in [2.05, 4.69) is 26.2 Å². The summed E-state index contributed by atoms with van der Waals surface area (Å²) >= 11 is 3.23. The highest BCUT2D eigenvalue weighted by Crippen LogP contribution is 2.26. The van der Waals surface area contributed by atoms with Crippen LogP contribution < -0.4 is 10.1 Å². The zero-order chi connectivity index (χ0) is 13.7. The first-order valence-corrected chi connectivity index (χ1v) is 7.12. The summed E-state index contributed by atoms with van der Waals surface area (Å²) in [4.78, 5) is 14.1. The SMILES string of the molecule is O=[N+]([O-])c1cnc(OCCC2CCCCN2)c(Br)c1. The second-order valence-corrected chi connectivity index (χ2v) is 5.38. The summed E-state index contributed by atoms with van der Waals surface area (Å²) in [5.41, 5.74) is -0.0480. The standard InChI is InChI=1S/C12H16BrN3O3/c13-11-7-10(16(17)18)8-15-12(11)19-6-4-9-3-1-2-5-14-9/h7-9,14H,1-6H2. The average molecular weight is 330 g/mol. The van der Waals surface area contributed by atoms with E-state index in [0.717, 1.165) is 13.0 Å². The summed E-state index contributed by atoms with van der Waals surface area (Å²) < 4.78 is 6.07. The topological polar surface area (TPSA) is 77.3 Å². The van der Waals surface area contributed by atoms with E-state index in [1.165, 1.54) is 31.5 Å². The average Bonchev–Trinajstić information content (AvgIpc) is 2.41. The molecule has 0 saturated carbocycles. The van der Waals surface area contributed by atoms with E-state index in [1.807, 2.05) is 0 Å². The molecule has 7 heteroatoms. The fourth-order valence-electron chi connectivity index (χ4n) is 2.09. The third-order valence-corrected chi connectivity index (χ3v) is 3.69. The molecule has 1 aromatic heterocycles. The molecule has 1 aliphatic rings. The zero-order valence-electron chi connectivity index (χ0n) is 10.5. The second kappa shape index (κ2) is 6.81. The molecule has 1 fully saturated rings. The van der Waals surface area contributed by atoms with Crippen LogP contribution in [0.1, 0.15) is 25.7 Å². The van der Waals surface area contributed by atoms with E-state index in [4.69, 9.17) is 4.74 Å². The van der Waals surface area contributed by atoms with E-state index in [-0.39, 0.29) is 5.69 Å². The largest absolute Gasteiger partial charge is 0.477 e. The minimum absolute atomic E-state index is 0.0480. The molecule has 6 nitrogen and oxygen atoms in total. The van der Waals surface area contributed by atoms with Crippen LogP contribution in [-0.2, 0) is 0 Å². The lowest BCUT2D eigenvalue weighted by Crippen LogP contribution is -2.35. The Morgan fingerprint density at radius 1 is 1.58 bits per heavy atom. The molecule has 19 heavy (non-hydrogen) atoms. The van der Waals surface area contributed by atoms with Crippen LogP contribution >= 0.6 is 15.9 Å². The Balaban J connectivity index is 1.83. The van der Waals surface area contributed by atoms with Crippen molar-refractivity contribution in [3.63, 3.8) is 0 Å². The van der Waals surface area contributed by atoms with Gasteiger partial charge in [-0.3, -0.25) is 10.1 Å². The van der Waals surface area contributed by atoms with Crippen molar-refractivity contribution in [2.45, 2.75) is 31.7 Å². The van der Waals surface area contributed by atoms with E-state index in [9.17, 15) is 10.1 Å². The number of nitro groups is 1. The predicted molar refractivity (Wildman–Crippen MR) is 74.3 cm³/mol. The van der Waals surface area contributed by atoms with Crippen LogP contribution in [-0.4, -0.2) is 29.1 Å². The van der Waals surface area contributed by atoms with Crippen molar-refractivity contribution in [3.8, 4) is 5.88 Å². The maximum Gasteiger partial charge on any atom is 0.288 e. The van der Waals surface area contributed by atoms with Gasteiger partial charge in [0.1, 0.15) is 6.20 Å². The van der Waals surface area contributed by atoms with Gasteiger partial charge in [0.25, 0.3) is 5.69 Å². The molecular weight excluding hydrogens is 314 g/mol. The van der Waals surface area contributed by atoms with Crippen LogP contribution in [0.4, 0.5) is 5.69 Å². The summed E-state index contributed by atoms with van der Waals surface area (Å²) in [6, 6.07) is 1.91. The molecule has 0 bridgehead atoms. The first-order chi connectivity index (χ1) is 9.16. The number of piperidine rings is 1. The molecule has 1 atom stereocenters. The molecule has 0 aromatic carbocycles.